The van der Waals surface area contributed by atoms with E-state index < -0.39 is 5.97 Å². The van der Waals surface area contributed by atoms with Gasteiger partial charge in [-0.15, -0.1) is 0 Å². The fraction of sp³-hybridized carbons (Fsp3) is 0.0833. The van der Waals surface area contributed by atoms with Gasteiger partial charge in [-0.05, 0) is 18.2 Å². The van der Waals surface area contributed by atoms with Crippen molar-refractivity contribution in [2.45, 2.75) is 0 Å². The van der Waals surface area contributed by atoms with E-state index in [0.29, 0.717) is 5.13 Å². The highest BCUT2D eigenvalue weighted by Gasteiger charge is 2.16. The first kappa shape index (κ1) is 12.4. The van der Waals surface area contributed by atoms with Crippen molar-refractivity contribution in [2.24, 2.45) is 0 Å². The van der Waals surface area contributed by atoms with Crippen LogP contribution in [0.15, 0.2) is 24.5 Å². The zero-order valence-corrected chi connectivity index (χ0v) is 11.3. The van der Waals surface area contributed by atoms with Crippen molar-refractivity contribution in [3.8, 4) is 0 Å². The lowest BCUT2D eigenvalue weighted by atomic mass is 10.3. The number of aromatic nitrogens is 3. The summed E-state index contributed by atoms with van der Waals surface area (Å²) in [5.74, 6) is -0.330. The van der Waals surface area contributed by atoms with E-state index in [9.17, 15) is 4.79 Å². The predicted octanol–water partition coefficient (Wildman–Crippen LogP) is 2.13. The first-order valence-corrected chi connectivity index (χ1v) is 6.54. The minimum atomic E-state index is -0.489. The van der Waals surface area contributed by atoms with Gasteiger partial charge in [-0.25, -0.2) is 14.8 Å². The summed E-state index contributed by atoms with van der Waals surface area (Å²) in [5, 5.41) is 3.63. The summed E-state index contributed by atoms with van der Waals surface area (Å²) in [6.45, 7) is 0. The largest absolute Gasteiger partial charge is 0.465 e. The van der Waals surface area contributed by atoms with Crippen LogP contribution in [0.3, 0.4) is 0 Å². The molecule has 0 aliphatic rings. The van der Waals surface area contributed by atoms with Gasteiger partial charge in [0.1, 0.15) is 0 Å². The minimum Gasteiger partial charge on any atom is -0.465 e. The third kappa shape index (κ3) is 2.16. The second-order valence-electron chi connectivity index (χ2n) is 3.98. The molecule has 0 aliphatic heterocycles. The maximum Gasteiger partial charge on any atom is 0.351 e. The Kier molecular flexibility index (Phi) is 2.99. The molecule has 0 atom stereocenters. The number of nitrogens with two attached hydrogens (primary N) is 1. The zero-order chi connectivity index (χ0) is 14.1. The van der Waals surface area contributed by atoms with Gasteiger partial charge in [0, 0.05) is 5.69 Å². The second-order valence-corrected chi connectivity index (χ2v) is 4.98. The van der Waals surface area contributed by atoms with Crippen molar-refractivity contribution in [2.75, 3.05) is 18.2 Å². The van der Waals surface area contributed by atoms with Crippen LogP contribution in [0.1, 0.15) is 9.67 Å². The van der Waals surface area contributed by atoms with E-state index in [-0.39, 0.29) is 10.7 Å². The van der Waals surface area contributed by atoms with Crippen molar-refractivity contribution >= 4 is 45.0 Å². The summed E-state index contributed by atoms with van der Waals surface area (Å²) in [6.07, 6.45) is 1.63. The molecular weight excluding hydrogens is 278 g/mol. The summed E-state index contributed by atoms with van der Waals surface area (Å²) in [5.41, 5.74) is 8.30. The number of H-pyrrole nitrogens is 1. The number of hydrogen-bond donors (Lipinski definition) is 3. The molecule has 2 heterocycles. The molecule has 0 fully saturated rings. The maximum atomic E-state index is 11.5. The van der Waals surface area contributed by atoms with E-state index in [0.717, 1.165) is 28.1 Å². The third-order valence-electron chi connectivity index (χ3n) is 2.70. The molecule has 1 aromatic carbocycles. The quantitative estimate of drug-likeness (QED) is 0.638. The number of fused-ring (bicyclic) bond motifs is 1. The average Bonchev–Trinajstić information content (AvgIpc) is 3.04. The Morgan fingerprint density at radius 1 is 1.50 bits per heavy atom. The number of imidazole rings is 1. The van der Waals surface area contributed by atoms with Gasteiger partial charge in [0.15, 0.2) is 15.8 Å². The first-order valence-electron chi connectivity index (χ1n) is 5.72. The van der Waals surface area contributed by atoms with Crippen LogP contribution in [0.25, 0.3) is 11.0 Å². The Balaban J connectivity index is 1.88. The Morgan fingerprint density at radius 3 is 3.15 bits per heavy atom. The number of benzene rings is 1. The fourth-order valence-corrected chi connectivity index (χ4v) is 2.58. The van der Waals surface area contributed by atoms with Gasteiger partial charge in [-0.1, -0.05) is 11.3 Å². The number of nitrogens with zero attached hydrogens (tertiary/aromatic N) is 2. The van der Waals surface area contributed by atoms with E-state index >= 15 is 0 Å². The molecule has 20 heavy (non-hydrogen) atoms. The van der Waals surface area contributed by atoms with E-state index in [2.05, 4.69) is 25.0 Å². The molecule has 0 bridgehead atoms. The highest BCUT2D eigenvalue weighted by atomic mass is 32.1. The number of ether oxygens (including phenoxy) is 1. The van der Waals surface area contributed by atoms with Gasteiger partial charge in [0.05, 0.1) is 24.5 Å². The van der Waals surface area contributed by atoms with Crippen molar-refractivity contribution in [3.63, 3.8) is 0 Å². The number of nitrogens with one attached hydrogen (secondary N) is 2. The van der Waals surface area contributed by atoms with Gasteiger partial charge < -0.3 is 20.8 Å². The first-order chi connectivity index (χ1) is 9.67. The van der Waals surface area contributed by atoms with E-state index in [1.165, 1.54) is 7.11 Å². The van der Waals surface area contributed by atoms with Gasteiger partial charge >= 0.3 is 5.97 Å². The minimum absolute atomic E-state index is 0.159. The molecule has 7 nitrogen and oxygen atoms in total. The van der Waals surface area contributed by atoms with E-state index in [1.807, 2.05) is 18.2 Å². The number of rotatable bonds is 3. The molecule has 0 radical (unpaired) electrons. The molecule has 102 valence electrons. The summed E-state index contributed by atoms with van der Waals surface area (Å²) < 4.78 is 4.64. The number of esters is 1. The van der Waals surface area contributed by atoms with Crippen LogP contribution in [0.4, 0.5) is 16.6 Å². The smallest absolute Gasteiger partial charge is 0.351 e. The number of carbonyl (C=O) groups is 1. The van der Waals surface area contributed by atoms with Crippen LogP contribution in [0, 0.1) is 0 Å². The van der Waals surface area contributed by atoms with Crippen molar-refractivity contribution in [1.29, 1.82) is 0 Å². The van der Waals surface area contributed by atoms with Crippen molar-refractivity contribution in [1.82, 2.24) is 15.0 Å². The molecule has 0 saturated heterocycles. The number of carbonyl (C=O) groups excluding carboxylic acids is 1. The standard InChI is InChI=1S/C12H11N5O2S/c1-19-11(18)9-10(13)17-12(20-9)16-6-2-3-7-8(4-6)15-5-14-7/h2-5H,13H2,1H3,(H,14,15)(H,16,17). The number of methoxy groups -OCH3 is 1. The Labute approximate surface area is 117 Å². The predicted molar refractivity (Wildman–Crippen MR) is 77.2 cm³/mol. The summed E-state index contributed by atoms with van der Waals surface area (Å²) >= 11 is 1.15. The summed E-state index contributed by atoms with van der Waals surface area (Å²) in [7, 11) is 1.31. The monoisotopic (exact) mass is 289 g/mol. The number of hydrogen-bond acceptors (Lipinski definition) is 7. The SMILES string of the molecule is COC(=O)c1sc(Nc2ccc3nc[nH]c3c2)nc1N. The molecule has 8 heteroatoms. The van der Waals surface area contributed by atoms with Crippen LogP contribution in [-0.2, 0) is 4.74 Å². The van der Waals surface area contributed by atoms with Crippen molar-refractivity contribution in [3.05, 3.63) is 29.4 Å². The lowest BCUT2D eigenvalue weighted by Crippen LogP contribution is -2.01. The van der Waals surface area contributed by atoms with Crippen LogP contribution in [0.5, 0.6) is 0 Å². The fourth-order valence-electron chi connectivity index (χ4n) is 1.76. The van der Waals surface area contributed by atoms with Gasteiger partial charge in [-0.3, -0.25) is 0 Å². The van der Waals surface area contributed by atoms with Crippen LogP contribution in [-0.4, -0.2) is 28.0 Å². The molecule has 4 N–H and O–H groups in total. The third-order valence-corrected chi connectivity index (χ3v) is 3.66. The summed E-state index contributed by atoms with van der Waals surface area (Å²) in [4.78, 5) is 23.0. The maximum absolute atomic E-state index is 11.5. The van der Waals surface area contributed by atoms with Crippen LogP contribution >= 0.6 is 11.3 Å². The Bertz CT molecular complexity index is 779. The molecule has 0 spiro atoms. The van der Waals surface area contributed by atoms with Gasteiger partial charge in [-0.2, -0.15) is 0 Å². The number of aromatic amines is 1. The molecule has 2 aromatic heterocycles. The van der Waals surface area contributed by atoms with Crippen LogP contribution < -0.4 is 11.1 Å². The van der Waals surface area contributed by atoms with Crippen molar-refractivity contribution < 1.29 is 9.53 Å². The Morgan fingerprint density at radius 2 is 2.35 bits per heavy atom. The topological polar surface area (TPSA) is 106 Å². The second kappa shape index (κ2) is 4.82. The number of anilines is 3. The molecular formula is C12H11N5O2S. The normalized spacial score (nSPS) is 10.7. The average molecular weight is 289 g/mol. The molecule has 3 aromatic rings. The summed E-state index contributed by atoms with van der Waals surface area (Å²) in [6, 6.07) is 5.66. The zero-order valence-electron chi connectivity index (χ0n) is 10.5. The van der Waals surface area contributed by atoms with Gasteiger partial charge in [0.2, 0.25) is 0 Å². The highest BCUT2D eigenvalue weighted by molar-refractivity contribution is 7.18. The van der Waals surface area contributed by atoms with Crippen LogP contribution in [0.2, 0.25) is 0 Å². The molecule has 0 aliphatic carbocycles. The molecule has 0 saturated carbocycles. The molecule has 0 unspecified atom stereocenters. The van der Waals surface area contributed by atoms with E-state index in [4.69, 9.17) is 5.73 Å². The molecule has 3 rings (SSSR count). The lowest BCUT2D eigenvalue weighted by Gasteiger charge is -2.01. The lowest BCUT2D eigenvalue weighted by molar-refractivity contribution is 0.0607. The highest BCUT2D eigenvalue weighted by Crippen LogP contribution is 2.28. The van der Waals surface area contributed by atoms with Gasteiger partial charge in [0.25, 0.3) is 0 Å². The molecule has 0 amide bonds. The van der Waals surface area contributed by atoms with E-state index in [1.54, 1.807) is 6.33 Å². The number of thiazole rings is 1. The Hall–Kier alpha value is -2.61. The number of nitrogen functional groups attached to an aromatic ring is 1.